The van der Waals surface area contributed by atoms with Gasteiger partial charge in [-0.2, -0.15) is 8.78 Å². The van der Waals surface area contributed by atoms with Crippen LogP contribution in [0.2, 0.25) is 0 Å². The molecule has 0 bridgehead atoms. The highest BCUT2D eigenvalue weighted by atomic mass is 35.5. The first kappa shape index (κ1) is 9.38. The molecule has 0 atom stereocenters. The highest BCUT2D eigenvalue weighted by molar-refractivity contribution is 6.32. The first-order valence-electron chi connectivity index (χ1n) is 2.48. The minimum Gasteiger partial charge on any atom is -0.290 e. The first-order valence-corrected chi connectivity index (χ1v) is 2.86. The number of alkyl halides is 3. The zero-order chi connectivity index (χ0) is 8.20. The lowest BCUT2D eigenvalue weighted by Gasteiger charge is -2.01. The predicted octanol–water partition coefficient (Wildman–Crippen LogP) is 1.80. The van der Waals surface area contributed by atoms with Crippen molar-refractivity contribution in [2.75, 3.05) is 0 Å². The third-order valence-electron chi connectivity index (χ3n) is 0.742. The van der Waals surface area contributed by atoms with E-state index in [2.05, 4.69) is 23.4 Å². The monoisotopic (exact) mass is 166 g/mol. The van der Waals surface area contributed by atoms with Gasteiger partial charge in [-0.05, 0) is 18.5 Å². The van der Waals surface area contributed by atoms with Gasteiger partial charge in [0.25, 0.3) is 0 Å². The number of ketones is 1. The summed E-state index contributed by atoms with van der Waals surface area (Å²) in [5, 5.41) is -3.76. The Bertz CT molecular complexity index is 184. The first-order chi connectivity index (χ1) is 4.48. The van der Waals surface area contributed by atoms with Crippen LogP contribution in [0, 0.1) is 11.8 Å². The van der Waals surface area contributed by atoms with E-state index >= 15 is 0 Å². The number of carbonyl (C=O) groups is 1. The Hall–Kier alpha value is -0.620. The second-order valence-electron chi connectivity index (χ2n) is 1.52. The topological polar surface area (TPSA) is 17.1 Å². The molecule has 0 aliphatic carbocycles. The van der Waals surface area contributed by atoms with E-state index in [0.29, 0.717) is 0 Å². The number of carbonyl (C=O) groups excluding carboxylic acids is 1. The highest BCUT2D eigenvalue weighted by Crippen LogP contribution is 2.20. The average Bonchev–Trinajstić information content (AvgIpc) is 1.80. The molecule has 4 heteroatoms. The number of hydrogen-bond donors (Lipinski definition) is 0. The van der Waals surface area contributed by atoms with Crippen molar-refractivity contribution in [3.8, 4) is 11.8 Å². The Balaban J connectivity index is 3.95. The molecule has 0 saturated heterocycles. The largest absolute Gasteiger partial charge is 0.381 e. The number of rotatable bonds is 2. The molecule has 0 amide bonds. The fraction of sp³-hybridized carbons (Fsp3) is 0.500. The van der Waals surface area contributed by atoms with Crippen LogP contribution in [0.5, 0.6) is 0 Å². The highest BCUT2D eigenvalue weighted by Gasteiger charge is 2.34. The minimum absolute atomic E-state index is 0.493. The second-order valence-corrected chi connectivity index (χ2v) is 2.00. The van der Waals surface area contributed by atoms with Crippen molar-refractivity contribution in [3.05, 3.63) is 0 Å². The van der Waals surface area contributed by atoms with Crippen LogP contribution in [0.3, 0.4) is 0 Å². The van der Waals surface area contributed by atoms with Gasteiger partial charge in [-0.3, -0.25) is 4.79 Å². The molecule has 0 spiro atoms. The van der Waals surface area contributed by atoms with Gasteiger partial charge in [-0.15, -0.1) is 5.92 Å². The van der Waals surface area contributed by atoms with Crippen LogP contribution in [-0.4, -0.2) is 11.2 Å². The molecule has 1 nitrogen and oxygen atoms in total. The van der Waals surface area contributed by atoms with E-state index in [4.69, 9.17) is 0 Å². The molecule has 0 N–H and O–H groups in total. The van der Waals surface area contributed by atoms with Crippen LogP contribution in [0.4, 0.5) is 8.78 Å². The molecule has 0 aromatic carbocycles. The van der Waals surface area contributed by atoms with Crippen molar-refractivity contribution < 1.29 is 13.6 Å². The van der Waals surface area contributed by atoms with Crippen LogP contribution in [0.1, 0.15) is 13.3 Å². The third-order valence-corrected chi connectivity index (χ3v) is 0.953. The Morgan fingerprint density at radius 1 is 1.70 bits per heavy atom. The predicted molar refractivity (Wildman–Crippen MR) is 33.9 cm³/mol. The Labute approximate surface area is 62.4 Å². The molecule has 0 aromatic heterocycles. The number of Topliss-reactive ketones (excluding diaryl/α,β-unsaturated/α-hetero) is 1. The normalized spacial score (nSPS) is 10.0. The second kappa shape index (κ2) is 3.52. The van der Waals surface area contributed by atoms with Crippen molar-refractivity contribution in [1.82, 2.24) is 0 Å². The van der Waals surface area contributed by atoms with Crippen molar-refractivity contribution in [2.45, 2.75) is 18.7 Å². The van der Waals surface area contributed by atoms with Crippen LogP contribution in [0.25, 0.3) is 0 Å². The van der Waals surface area contributed by atoms with Gasteiger partial charge in [0.1, 0.15) is 0 Å². The standard InChI is InChI=1S/C6H5ClF2O/c1-2-3-4-5(10)6(7,8)9/h4H2,1H3. The van der Waals surface area contributed by atoms with E-state index in [-0.39, 0.29) is 0 Å². The summed E-state index contributed by atoms with van der Waals surface area (Å²) in [6.45, 7) is 1.46. The molecule has 0 unspecified atom stereocenters. The van der Waals surface area contributed by atoms with E-state index in [9.17, 15) is 13.6 Å². The summed E-state index contributed by atoms with van der Waals surface area (Å²) in [6, 6.07) is 0. The van der Waals surface area contributed by atoms with Gasteiger partial charge in [0.15, 0.2) is 0 Å². The summed E-state index contributed by atoms with van der Waals surface area (Å²) in [5.74, 6) is 3.14. The zero-order valence-electron chi connectivity index (χ0n) is 5.25. The van der Waals surface area contributed by atoms with Crippen LogP contribution in [0.15, 0.2) is 0 Å². The summed E-state index contributed by atoms with van der Waals surface area (Å²) in [6.07, 6.45) is -0.493. The van der Waals surface area contributed by atoms with Gasteiger partial charge in [0, 0.05) is 0 Å². The number of halogens is 3. The van der Waals surface area contributed by atoms with Gasteiger partial charge in [-0.25, -0.2) is 0 Å². The summed E-state index contributed by atoms with van der Waals surface area (Å²) in [5.41, 5.74) is 0. The lowest BCUT2D eigenvalue weighted by atomic mass is 10.3. The van der Waals surface area contributed by atoms with Gasteiger partial charge < -0.3 is 0 Å². The Morgan fingerprint density at radius 2 is 2.20 bits per heavy atom. The molecule has 0 heterocycles. The summed E-state index contributed by atoms with van der Waals surface area (Å²) < 4.78 is 23.6. The molecule has 0 rings (SSSR count). The Morgan fingerprint density at radius 3 is 2.50 bits per heavy atom. The van der Waals surface area contributed by atoms with Gasteiger partial charge >= 0.3 is 5.38 Å². The lowest BCUT2D eigenvalue weighted by molar-refractivity contribution is -0.132. The third kappa shape index (κ3) is 3.41. The molecule has 10 heavy (non-hydrogen) atoms. The molecular weight excluding hydrogens is 162 g/mol. The van der Waals surface area contributed by atoms with E-state index < -0.39 is 17.6 Å². The lowest BCUT2D eigenvalue weighted by Crippen LogP contribution is -2.20. The van der Waals surface area contributed by atoms with E-state index in [0.717, 1.165) is 0 Å². The van der Waals surface area contributed by atoms with Crippen molar-refractivity contribution in [2.24, 2.45) is 0 Å². The molecule has 0 radical (unpaired) electrons. The quantitative estimate of drug-likeness (QED) is 0.452. The van der Waals surface area contributed by atoms with Gasteiger partial charge in [0.2, 0.25) is 5.78 Å². The molecule has 0 aliphatic heterocycles. The van der Waals surface area contributed by atoms with Crippen LogP contribution in [-0.2, 0) is 4.79 Å². The summed E-state index contributed by atoms with van der Waals surface area (Å²) in [7, 11) is 0. The molecule has 0 aromatic rings. The van der Waals surface area contributed by atoms with E-state index in [1.165, 1.54) is 6.92 Å². The average molecular weight is 167 g/mol. The molecule has 0 aliphatic rings. The maximum Gasteiger partial charge on any atom is 0.381 e. The zero-order valence-corrected chi connectivity index (χ0v) is 6.01. The smallest absolute Gasteiger partial charge is 0.290 e. The molecule has 56 valence electrons. The maximum atomic E-state index is 11.8. The van der Waals surface area contributed by atoms with Crippen molar-refractivity contribution in [3.63, 3.8) is 0 Å². The SMILES string of the molecule is CC#CCC(=O)C(F)(F)Cl. The van der Waals surface area contributed by atoms with Crippen molar-refractivity contribution in [1.29, 1.82) is 0 Å². The summed E-state index contributed by atoms with van der Waals surface area (Å²) in [4.78, 5) is 10.2. The fourth-order valence-electron chi connectivity index (χ4n) is 0.269. The minimum atomic E-state index is -3.76. The molecule has 0 saturated carbocycles. The summed E-state index contributed by atoms with van der Waals surface area (Å²) >= 11 is 4.37. The van der Waals surface area contributed by atoms with E-state index in [1.54, 1.807) is 0 Å². The van der Waals surface area contributed by atoms with Crippen molar-refractivity contribution >= 4 is 17.4 Å². The number of hydrogen-bond acceptors (Lipinski definition) is 1. The maximum absolute atomic E-state index is 11.8. The Kier molecular flexibility index (Phi) is 3.31. The fourth-order valence-corrected chi connectivity index (χ4v) is 0.336. The van der Waals surface area contributed by atoms with E-state index in [1.807, 2.05) is 0 Å². The molecular formula is C6H5ClF2O. The van der Waals surface area contributed by atoms with Crippen LogP contribution >= 0.6 is 11.6 Å². The van der Waals surface area contributed by atoms with Crippen LogP contribution < -0.4 is 0 Å². The molecule has 0 fully saturated rings. The van der Waals surface area contributed by atoms with Gasteiger partial charge in [0.05, 0.1) is 6.42 Å². The van der Waals surface area contributed by atoms with Gasteiger partial charge in [-0.1, -0.05) is 5.92 Å².